The number of carbonyl (C=O) groups is 2. The average molecular weight is 288 g/mol. The predicted molar refractivity (Wildman–Crippen MR) is 74.8 cm³/mol. The van der Waals surface area contributed by atoms with Crippen LogP contribution in [-0.4, -0.2) is 26.3 Å². The molecule has 0 amide bonds. The number of hydrogen-bond donors (Lipinski definition) is 0. The summed E-state index contributed by atoms with van der Waals surface area (Å²) >= 11 is 0. The number of methoxy groups -OCH3 is 2. The number of rotatable bonds is 5. The fourth-order valence-electron chi connectivity index (χ4n) is 1.95. The SMILES string of the molecule is COc1ccc(C(=O)c2cccc(C=O)c2F)cc1OC. The Morgan fingerprint density at radius 2 is 1.81 bits per heavy atom. The highest BCUT2D eigenvalue weighted by atomic mass is 19.1. The van der Waals surface area contributed by atoms with E-state index >= 15 is 0 Å². The molecule has 0 aliphatic carbocycles. The molecule has 108 valence electrons. The number of aldehydes is 1. The van der Waals surface area contributed by atoms with Gasteiger partial charge >= 0.3 is 0 Å². The summed E-state index contributed by atoms with van der Waals surface area (Å²) in [6, 6.07) is 8.65. The van der Waals surface area contributed by atoms with Crippen LogP contribution in [0, 0.1) is 5.82 Å². The molecule has 0 N–H and O–H groups in total. The lowest BCUT2D eigenvalue weighted by Gasteiger charge is -2.09. The molecule has 0 bridgehead atoms. The van der Waals surface area contributed by atoms with Crippen LogP contribution in [0.15, 0.2) is 36.4 Å². The highest BCUT2D eigenvalue weighted by molar-refractivity contribution is 6.10. The first-order chi connectivity index (χ1) is 10.1. The summed E-state index contributed by atoms with van der Waals surface area (Å²) in [5.41, 5.74) is -0.0669. The third kappa shape index (κ3) is 2.76. The van der Waals surface area contributed by atoms with Gasteiger partial charge in [-0.3, -0.25) is 9.59 Å². The van der Waals surface area contributed by atoms with Crippen molar-refractivity contribution in [3.8, 4) is 11.5 Å². The zero-order valence-corrected chi connectivity index (χ0v) is 11.6. The number of ether oxygens (including phenoxy) is 2. The molecule has 4 nitrogen and oxygen atoms in total. The summed E-state index contributed by atoms with van der Waals surface area (Å²) in [7, 11) is 2.92. The van der Waals surface area contributed by atoms with Gasteiger partial charge in [0.25, 0.3) is 0 Å². The van der Waals surface area contributed by atoms with Crippen LogP contribution in [0.3, 0.4) is 0 Å². The molecule has 0 aromatic heterocycles. The lowest BCUT2D eigenvalue weighted by molar-refractivity contribution is 0.103. The van der Waals surface area contributed by atoms with E-state index in [4.69, 9.17) is 9.47 Å². The lowest BCUT2D eigenvalue weighted by atomic mass is 10.0. The molecular weight excluding hydrogens is 275 g/mol. The van der Waals surface area contributed by atoms with E-state index in [9.17, 15) is 14.0 Å². The molecule has 2 rings (SSSR count). The van der Waals surface area contributed by atoms with E-state index in [-0.39, 0.29) is 16.7 Å². The third-order valence-corrected chi connectivity index (χ3v) is 3.05. The van der Waals surface area contributed by atoms with Crippen molar-refractivity contribution in [3.05, 3.63) is 58.9 Å². The molecule has 0 unspecified atom stereocenters. The second-order valence-electron chi connectivity index (χ2n) is 4.23. The molecule has 2 aromatic rings. The third-order valence-electron chi connectivity index (χ3n) is 3.05. The molecule has 0 atom stereocenters. The van der Waals surface area contributed by atoms with E-state index in [1.807, 2.05) is 0 Å². The van der Waals surface area contributed by atoms with E-state index in [1.165, 1.54) is 44.6 Å². The van der Waals surface area contributed by atoms with Gasteiger partial charge in [0.1, 0.15) is 5.82 Å². The quantitative estimate of drug-likeness (QED) is 0.627. The molecule has 5 heteroatoms. The minimum Gasteiger partial charge on any atom is -0.493 e. The normalized spacial score (nSPS) is 10.0. The van der Waals surface area contributed by atoms with Gasteiger partial charge in [-0.25, -0.2) is 4.39 Å². The topological polar surface area (TPSA) is 52.6 Å². The van der Waals surface area contributed by atoms with Gasteiger partial charge in [-0.2, -0.15) is 0 Å². The Morgan fingerprint density at radius 3 is 2.43 bits per heavy atom. The molecule has 2 aromatic carbocycles. The number of halogens is 1. The zero-order chi connectivity index (χ0) is 15.4. The van der Waals surface area contributed by atoms with E-state index in [1.54, 1.807) is 6.07 Å². The molecule has 0 aliphatic rings. The molecule has 0 radical (unpaired) electrons. The number of carbonyl (C=O) groups excluding carboxylic acids is 2. The summed E-state index contributed by atoms with van der Waals surface area (Å²) in [6.45, 7) is 0. The summed E-state index contributed by atoms with van der Waals surface area (Å²) < 4.78 is 24.2. The number of benzene rings is 2. The van der Waals surface area contributed by atoms with E-state index in [0.29, 0.717) is 17.8 Å². The van der Waals surface area contributed by atoms with Gasteiger partial charge in [-0.05, 0) is 30.3 Å². The van der Waals surface area contributed by atoms with E-state index in [2.05, 4.69) is 0 Å². The Bertz CT molecular complexity index is 695. The fraction of sp³-hybridized carbons (Fsp3) is 0.125. The maximum Gasteiger partial charge on any atom is 0.196 e. The van der Waals surface area contributed by atoms with Crippen LogP contribution in [0.25, 0.3) is 0 Å². The standard InChI is InChI=1S/C16H13FO4/c1-20-13-7-6-10(8-14(13)21-2)16(19)12-5-3-4-11(9-18)15(12)17/h3-9H,1-2H3. The first-order valence-electron chi connectivity index (χ1n) is 6.12. The first-order valence-corrected chi connectivity index (χ1v) is 6.12. The highest BCUT2D eigenvalue weighted by Gasteiger charge is 2.18. The van der Waals surface area contributed by atoms with E-state index < -0.39 is 11.6 Å². The largest absolute Gasteiger partial charge is 0.493 e. The van der Waals surface area contributed by atoms with Crippen LogP contribution in [-0.2, 0) is 0 Å². The lowest BCUT2D eigenvalue weighted by Crippen LogP contribution is -2.07. The van der Waals surface area contributed by atoms with Crippen LogP contribution >= 0.6 is 0 Å². The number of ketones is 1. The number of hydrogen-bond acceptors (Lipinski definition) is 4. The van der Waals surface area contributed by atoms with Gasteiger partial charge < -0.3 is 9.47 Å². The van der Waals surface area contributed by atoms with Crippen molar-refractivity contribution < 1.29 is 23.5 Å². The first kappa shape index (κ1) is 14.7. The maximum absolute atomic E-state index is 14.0. The van der Waals surface area contributed by atoms with Crippen molar-refractivity contribution in [3.63, 3.8) is 0 Å². The molecule has 21 heavy (non-hydrogen) atoms. The summed E-state index contributed by atoms with van der Waals surface area (Å²) in [5.74, 6) is -0.518. The van der Waals surface area contributed by atoms with Gasteiger partial charge in [0.05, 0.1) is 25.3 Å². The monoisotopic (exact) mass is 288 g/mol. The van der Waals surface area contributed by atoms with Crippen LogP contribution in [0.1, 0.15) is 26.3 Å². The van der Waals surface area contributed by atoms with Gasteiger partial charge in [-0.1, -0.05) is 6.07 Å². The Labute approximate surface area is 121 Å². The predicted octanol–water partition coefficient (Wildman–Crippen LogP) is 2.89. The molecule has 0 heterocycles. The Kier molecular flexibility index (Phi) is 4.33. The molecule has 0 aliphatic heterocycles. The second-order valence-corrected chi connectivity index (χ2v) is 4.23. The van der Waals surface area contributed by atoms with Gasteiger partial charge in [-0.15, -0.1) is 0 Å². The van der Waals surface area contributed by atoms with Crippen LogP contribution in [0.5, 0.6) is 11.5 Å². The van der Waals surface area contributed by atoms with Crippen molar-refractivity contribution >= 4 is 12.1 Å². The minimum atomic E-state index is -0.827. The van der Waals surface area contributed by atoms with Gasteiger partial charge in [0, 0.05) is 5.56 Å². The van der Waals surface area contributed by atoms with Crippen LogP contribution in [0.4, 0.5) is 4.39 Å². The zero-order valence-electron chi connectivity index (χ0n) is 11.6. The van der Waals surface area contributed by atoms with Crippen molar-refractivity contribution in [2.24, 2.45) is 0 Å². The Hall–Kier alpha value is -2.69. The summed E-state index contributed by atoms with van der Waals surface area (Å²) in [6.07, 6.45) is 0.376. The molecular formula is C16H13FO4. The van der Waals surface area contributed by atoms with Crippen molar-refractivity contribution in [2.45, 2.75) is 0 Å². The average Bonchev–Trinajstić information content (AvgIpc) is 2.53. The second kappa shape index (κ2) is 6.17. The highest BCUT2D eigenvalue weighted by Crippen LogP contribution is 2.29. The van der Waals surface area contributed by atoms with Crippen molar-refractivity contribution in [2.75, 3.05) is 14.2 Å². The summed E-state index contributed by atoms with van der Waals surface area (Å²) in [4.78, 5) is 23.1. The molecule has 0 saturated carbocycles. The molecule has 0 spiro atoms. The maximum atomic E-state index is 14.0. The molecule has 0 fully saturated rings. The van der Waals surface area contributed by atoms with Crippen LogP contribution < -0.4 is 9.47 Å². The molecule has 0 saturated heterocycles. The Balaban J connectivity index is 2.48. The smallest absolute Gasteiger partial charge is 0.196 e. The van der Waals surface area contributed by atoms with Crippen molar-refractivity contribution in [1.82, 2.24) is 0 Å². The fourth-order valence-corrected chi connectivity index (χ4v) is 1.95. The van der Waals surface area contributed by atoms with E-state index in [0.717, 1.165) is 0 Å². The van der Waals surface area contributed by atoms with Crippen LogP contribution in [0.2, 0.25) is 0 Å². The Morgan fingerprint density at radius 1 is 1.10 bits per heavy atom. The van der Waals surface area contributed by atoms with Gasteiger partial charge in [0.2, 0.25) is 0 Å². The minimum absolute atomic E-state index is 0.152. The van der Waals surface area contributed by atoms with Gasteiger partial charge in [0.15, 0.2) is 23.6 Å². The van der Waals surface area contributed by atoms with Crippen molar-refractivity contribution in [1.29, 1.82) is 0 Å². The summed E-state index contributed by atoms with van der Waals surface area (Å²) in [5, 5.41) is 0.